The lowest BCUT2D eigenvalue weighted by atomic mass is 10.2. The highest BCUT2D eigenvalue weighted by Crippen LogP contribution is 2.30. The van der Waals surface area contributed by atoms with Crippen molar-refractivity contribution in [1.82, 2.24) is 9.55 Å². The van der Waals surface area contributed by atoms with E-state index in [0.717, 1.165) is 0 Å². The topological polar surface area (TPSA) is 81.1 Å². The number of rotatable bonds is 5. The number of carbonyl (C=O) groups excluding carboxylic acids is 1. The highest BCUT2D eigenvalue weighted by atomic mass is 32.2. The summed E-state index contributed by atoms with van der Waals surface area (Å²) >= 11 is 0. The molecule has 0 saturated heterocycles. The summed E-state index contributed by atoms with van der Waals surface area (Å²) in [6.45, 7) is -0.0142. The van der Waals surface area contributed by atoms with Gasteiger partial charge in [-0.25, -0.2) is 8.42 Å². The number of fused-ring (bicyclic) bond motifs is 1. The number of anilines is 1. The molecule has 0 fully saturated rings. The minimum atomic E-state index is -3.70. The minimum absolute atomic E-state index is 0.0142. The second-order valence-corrected chi connectivity index (χ2v) is 8.16. The van der Waals surface area contributed by atoms with Gasteiger partial charge in [0.25, 0.3) is 0 Å². The van der Waals surface area contributed by atoms with Crippen molar-refractivity contribution in [2.45, 2.75) is 16.3 Å². The summed E-state index contributed by atoms with van der Waals surface area (Å²) in [6, 6.07) is 18.9. The van der Waals surface area contributed by atoms with Crippen LogP contribution in [0.15, 0.2) is 95.1 Å². The molecule has 0 bridgehead atoms. The molecule has 2 heterocycles. The van der Waals surface area contributed by atoms with Gasteiger partial charge >= 0.3 is 0 Å². The maximum atomic E-state index is 13.1. The molecule has 6 nitrogen and oxygen atoms in total. The molecule has 0 atom stereocenters. The number of pyridine rings is 1. The average Bonchev–Trinajstić information content (AvgIpc) is 3.09. The zero-order valence-electron chi connectivity index (χ0n) is 14.8. The number of sulfone groups is 1. The standard InChI is InChI=1S/C21H17N3O3S/c25-21(23-16-7-6-12-22-13-16)15-24-14-20(18-10-4-5-11-19(18)24)28(26,27)17-8-2-1-3-9-17/h1-14H,15H2,(H,23,25). The van der Waals surface area contributed by atoms with Gasteiger partial charge in [-0.2, -0.15) is 0 Å². The van der Waals surface area contributed by atoms with Gasteiger partial charge in [0.05, 0.1) is 21.7 Å². The molecule has 0 aliphatic rings. The van der Waals surface area contributed by atoms with Gasteiger partial charge in [-0.05, 0) is 30.3 Å². The van der Waals surface area contributed by atoms with E-state index in [2.05, 4.69) is 10.3 Å². The van der Waals surface area contributed by atoms with E-state index in [4.69, 9.17) is 0 Å². The van der Waals surface area contributed by atoms with Crippen LogP contribution in [0.2, 0.25) is 0 Å². The van der Waals surface area contributed by atoms with Crippen molar-refractivity contribution in [3.8, 4) is 0 Å². The summed E-state index contributed by atoms with van der Waals surface area (Å²) in [4.78, 5) is 16.8. The monoisotopic (exact) mass is 391 g/mol. The smallest absolute Gasteiger partial charge is 0.244 e. The first-order valence-electron chi connectivity index (χ1n) is 8.63. The maximum absolute atomic E-state index is 13.1. The molecule has 0 aliphatic heterocycles. The molecule has 4 rings (SSSR count). The Balaban J connectivity index is 1.72. The molecule has 0 unspecified atom stereocenters. The summed E-state index contributed by atoms with van der Waals surface area (Å²) in [5, 5.41) is 3.35. The summed E-state index contributed by atoms with van der Waals surface area (Å²) in [5.74, 6) is -0.266. The van der Waals surface area contributed by atoms with Crippen molar-refractivity contribution >= 4 is 32.3 Å². The number of para-hydroxylation sites is 1. The predicted molar refractivity (Wildman–Crippen MR) is 107 cm³/mol. The van der Waals surface area contributed by atoms with Crippen molar-refractivity contribution < 1.29 is 13.2 Å². The lowest BCUT2D eigenvalue weighted by Gasteiger charge is -2.06. The number of carbonyl (C=O) groups is 1. The van der Waals surface area contributed by atoms with Crippen LogP contribution in [0.25, 0.3) is 10.9 Å². The van der Waals surface area contributed by atoms with Gasteiger partial charge in [0.2, 0.25) is 15.7 Å². The zero-order valence-corrected chi connectivity index (χ0v) is 15.6. The van der Waals surface area contributed by atoms with Crippen LogP contribution in [-0.4, -0.2) is 23.9 Å². The van der Waals surface area contributed by atoms with Gasteiger partial charge in [0, 0.05) is 23.3 Å². The van der Waals surface area contributed by atoms with Gasteiger partial charge in [-0.15, -0.1) is 0 Å². The molecule has 2 aromatic heterocycles. The van der Waals surface area contributed by atoms with E-state index < -0.39 is 9.84 Å². The number of nitrogens with one attached hydrogen (secondary N) is 1. The van der Waals surface area contributed by atoms with E-state index in [1.54, 1.807) is 77.6 Å². The summed E-state index contributed by atoms with van der Waals surface area (Å²) < 4.78 is 27.9. The van der Waals surface area contributed by atoms with Crippen molar-refractivity contribution in [1.29, 1.82) is 0 Å². The Hall–Kier alpha value is -3.45. The van der Waals surface area contributed by atoms with Gasteiger partial charge < -0.3 is 9.88 Å². The molecule has 4 aromatic rings. The lowest BCUT2D eigenvalue weighted by Crippen LogP contribution is -2.18. The molecular formula is C21H17N3O3S. The summed E-state index contributed by atoms with van der Waals surface area (Å²) in [5.41, 5.74) is 1.26. The summed E-state index contributed by atoms with van der Waals surface area (Å²) in [7, 11) is -3.70. The number of aromatic nitrogens is 2. The van der Waals surface area contributed by atoms with Crippen LogP contribution >= 0.6 is 0 Å². The Morgan fingerprint density at radius 2 is 1.71 bits per heavy atom. The fraction of sp³-hybridized carbons (Fsp3) is 0.0476. The van der Waals surface area contributed by atoms with Gasteiger partial charge in [-0.3, -0.25) is 9.78 Å². The molecule has 0 spiro atoms. The van der Waals surface area contributed by atoms with E-state index in [0.29, 0.717) is 16.6 Å². The third kappa shape index (κ3) is 3.39. The Kier molecular flexibility index (Phi) is 4.67. The second-order valence-electron chi connectivity index (χ2n) is 6.24. The number of hydrogen-bond acceptors (Lipinski definition) is 4. The number of benzene rings is 2. The molecule has 0 radical (unpaired) electrons. The fourth-order valence-electron chi connectivity index (χ4n) is 3.08. The van der Waals surface area contributed by atoms with E-state index >= 15 is 0 Å². The van der Waals surface area contributed by atoms with Crippen molar-refractivity contribution in [3.05, 3.63) is 85.3 Å². The largest absolute Gasteiger partial charge is 0.337 e. The van der Waals surface area contributed by atoms with E-state index in [1.165, 1.54) is 6.20 Å². The average molecular weight is 391 g/mol. The van der Waals surface area contributed by atoms with E-state index in [1.807, 2.05) is 6.07 Å². The number of nitrogens with zero attached hydrogens (tertiary/aromatic N) is 2. The zero-order chi connectivity index (χ0) is 19.6. The third-order valence-corrected chi connectivity index (χ3v) is 6.15. The molecule has 1 amide bonds. The van der Waals surface area contributed by atoms with Crippen LogP contribution in [0.1, 0.15) is 0 Å². The van der Waals surface area contributed by atoms with Crippen LogP contribution < -0.4 is 5.32 Å². The fourth-order valence-corrected chi connectivity index (χ4v) is 4.57. The quantitative estimate of drug-likeness (QED) is 0.564. The van der Waals surface area contributed by atoms with Crippen LogP contribution in [0.3, 0.4) is 0 Å². The third-order valence-electron chi connectivity index (χ3n) is 4.35. The predicted octanol–water partition coefficient (Wildman–Crippen LogP) is 3.51. The van der Waals surface area contributed by atoms with Gasteiger partial charge in [0.15, 0.2) is 0 Å². The number of amides is 1. The Morgan fingerprint density at radius 3 is 2.46 bits per heavy atom. The molecule has 28 heavy (non-hydrogen) atoms. The maximum Gasteiger partial charge on any atom is 0.244 e. The van der Waals surface area contributed by atoms with Crippen LogP contribution in [0.5, 0.6) is 0 Å². The number of hydrogen-bond donors (Lipinski definition) is 1. The normalized spacial score (nSPS) is 11.4. The van der Waals surface area contributed by atoms with Crippen LogP contribution in [0.4, 0.5) is 5.69 Å². The van der Waals surface area contributed by atoms with Gasteiger partial charge in [0.1, 0.15) is 6.54 Å². The first-order valence-corrected chi connectivity index (χ1v) is 10.1. The van der Waals surface area contributed by atoms with Crippen molar-refractivity contribution in [2.24, 2.45) is 0 Å². The summed E-state index contributed by atoms with van der Waals surface area (Å²) in [6.07, 6.45) is 4.70. The Morgan fingerprint density at radius 1 is 0.964 bits per heavy atom. The van der Waals surface area contributed by atoms with E-state index in [9.17, 15) is 13.2 Å². The van der Waals surface area contributed by atoms with Crippen molar-refractivity contribution in [2.75, 3.05) is 5.32 Å². The minimum Gasteiger partial charge on any atom is -0.337 e. The molecular weight excluding hydrogens is 374 g/mol. The van der Waals surface area contributed by atoms with Gasteiger partial charge in [-0.1, -0.05) is 36.4 Å². The first-order chi connectivity index (χ1) is 13.6. The van der Waals surface area contributed by atoms with Crippen molar-refractivity contribution in [3.63, 3.8) is 0 Å². The molecule has 7 heteroatoms. The molecule has 0 aliphatic carbocycles. The lowest BCUT2D eigenvalue weighted by molar-refractivity contribution is -0.116. The van der Waals surface area contributed by atoms with E-state index in [-0.39, 0.29) is 22.2 Å². The van der Waals surface area contributed by atoms with Crippen LogP contribution in [0, 0.1) is 0 Å². The SMILES string of the molecule is O=C(Cn1cc(S(=O)(=O)c2ccccc2)c2ccccc21)Nc1cccnc1. The highest BCUT2D eigenvalue weighted by molar-refractivity contribution is 7.91. The highest BCUT2D eigenvalue weighted by Gasteiger charge is 2.23. The molecule has 140 valence electrons. The Labute approximate surface area is 162 Å². The molecule has 2 aromatic carbocycles. The van der Waals surface area contributed by atoms with Crippen LogP contribution in [-0.2, 0) is 21.2 Å². The second kappa shape index (κ2) is 7.28. The molecule has 0 saturated carbocycles. The molecule has 1 N–H and O–H groups in total. The first kappa shape index (κ1) is 17.9. The Bertz CT molecular complexity index is 1230.